The monoisotopic (exact) mass is 240 g/mol. The van der Waals surface area contributed by atoms with E-state index < -0.39 is 0 Å². The first-order chi connectivity index (χ1) is 7.57. The summed E-state index contributed by atoms with van der Waals surface area (Å²) in [5.41, 5.74) is 0.234. The van der Waals surface area contributed by atoms with Gasteiger partial charge in [0.25, 0.3) is 0 Å². The Hall–Kier alpha value is -0.180. The van der Waals surface area contributed by atoms with Crippen molar-refractivity contribution in [2.45, 2.75) is 64.5 Å². The minimum absolute atomic E-state index is 0.234. The second-order valence-corrected chi connectivity index (χ2v) is 6.88. The predicted octanol–water partition coefficient (Wildman–Crippen LogP) is 3.43. The van der Waals surface area contributed by atoms with Crippen LogP contribution in [0.15, 0.2) is 4.99 Å². The molecule has 16 heavy (non-hydrogen) atoms. The fourth-order valence-electron chi connectivity index (χ4n) is 2.50. The van der Waals surface area contributed by atoms with Crippen molar-refractivity contribution >= 4 is 16.9 Å². The molecule has 1 saturated carbocycles. The summed E-state index contributed by atoms with van der Waals surface area (Å²) in [6.07, 6.45) is 6.80. The number of rotatable bonds is 1. The third kappa shape index (κ3) is 3.16. The molecule has 1 saturated heterocycles. The van der Waals surface area contributed by atoms with Gasteiger partial charge in [-0.2, -0.15) is 0 Å². The average molecular weight is 240 g/mol. The third-order valence-corrected chi connectivity index (χ3v) is 4.96. The van der Waals surface area contributed by atoms with Crippen LogP contribution >= 0.6 is 11.8 Å². The van der Waals surface area contributed by atoms with E-state index in [1.807, 2.05) is 11.8 Å². The van der Waals surface area contributed by atoms with Gasteiger partial charge in [0.15, 0.2) is 5.17 Å². The van der Waals surface area contributed by atoms with Crippen molar-refractivity contribution in [3.8, 4) is 0 Å². The molecule has 0 spiro atoms. The summed E-state index contributed by atoms with van der Waals surface area (Å²) in [5, 5.41) is 4.72. The number of amidine groups is 1. The lowest BCUT2D eigenvalue weighted by Gasteiger charge is -2.19. The average Bonchev–Trinajstić information content (AvgIpc) is 2.41. The van der Waals surface area contributed by atoms with E-state index in [0.717, 1.165) is 11.7 Å². The Morgan fingerprint density at radius 3 is 2.69 bits per heavy atom. The van der Waals surface area contributed by atoms with Crippen LogP contribution in [-0.2, 0) is 0 Å². The quantitative estimate of drug-likeness (QED) is 0.710. The minimum atomic E-state index is 0.234. The molecule has 1 aliphatic carbocycles. The topological polar surface area (TPSA) is 24.4 Å². The van der Waals surface area contributed by atoms with Gasteiger partial charge in [0.1, 0.15) is 0 Å². The van der Waals surface area contributed by atoms with E-state index in [1.165, 1.54) is 37.3 Å². The fraction of sp³-hybridized carbons (Fsp3) is 0.923. The summed E-state index contributed by atoms with van der Waals surface area (Å²) in [5.74, 6) is 1.91. The van der Waals surface area contributed by atoms with Crippen LogP contribution in [0.1, 0.15) is 52.9 Å². The Balaban J connectivity index is 1.99. The molecule has 2 atom stereocenters. The van der Waals surface area contributed by atoms with E-state index in [0.29, 0.717) is 6.04 Å². The zero-order valence-corrected chi connectivity index (χ0v) is 11.6. The zero-order chi connectivity index (χ0) is 11.6. The first kappa shape index (κ1) is 12.3. The Kier molecular flexibility index (Phi) is 3.83. The van der Waals surface area contributed by atoms with Gasteiger partial charge < -0.3 is 5.32 Å². The van der Waals surface area contributed by atoms with Crippen molar-refractivity contribution in [1.82, 2.24) is 5.32 Å². The highest BCUT2D eigenvalue weighted by molar-refractivity contribution is 8.14. The maximum Gasteiger partial charge on any atom is 0.157 e. The molecule has 2 aliphatic rings. The Morgan fingerprint density at radius 1 is 1.25 bits per heavy atom. The molecule has 0 amide bonds. The lowest BCUT2D eigenvalue weighted by Crippen LogP contribution is -2.37. The summed E-state index contributed by atoms with van der Waals surface area (Å²) in [4.78, 5) is 4.94. The van der Waals surface area contributed by atoms with E-state index >= 15 is 0 Å². The molecule has 2 nitrogen and oxygen atoms in total. The SMILES string of the molecule is CC1CCCCCC1N=C1NC(C)(C)CS1. The molecule has 2 unspecified atom stereocenters. The largest absolute Gasteiger partial charge is 0.359 e. The molecule has 3 heteroatoms. The number of nitrogens with one attached hydrogen (secondary N) is 1. The van der Waals surface area contributed by atoms with Crippen LogP contribution in [0.3, 0.4) is 0 Å². The molecular formula is C13H24N2S. The van der Waals surface area contributed by atoms with E-state index in [2.05, 4.69) is 26.1 Å². The van der Waals surface area contributed by atoms with Gasteiger partial charge in [-0.15, -0.1) is 0 Å². The Labute approximate surface area is 104 Å². The molecule has 0 aromatic rings. The first-order valence-corrected chi connectivity index (χ1v) is 7.54. The van der Waals surface area contributed by atoms with Gasteiger partial charge in [-0.25, -0.2) is 0 Å². The molecular weight excluding hydrogens is 216 g/mol. The van der Waals surface area contributed by atoms with Crippen LogP contribution in [0, 0.1) is 5.92 Å². The molecule has 0 bridgehead atoms. The lowest BCUT2D eigenvalue weighted by molar-refractivity contribution is 0.432. The van der Waals surface area contributed by atoms with E-state index in [1.54, 1.807) is 0 Å². The van der Waals surface area contributed by atoms with Gasteiger partial charge in [-0.05, 0) is 32.6 Å². The van der Waals surface area contributed by atoms with Crippen molar-refractivity contribution in [3.05, 3.63) is 0 Å². The number of hydrogen-bond acceptors (Lipinski definition) is 2. The van der Waals surface area contributed by atoms with Crippen molar-refractivity contribution in [2.75, 3.05) is 5.75 Å². The summed E-state index contributed by atoms with van der Waals surface area (Å²) >= 11 is 1.89. The van der Waals surface area contributed by atoms with Crippen molar-refractivity contribution < 1.29 is 0 Å². The van der Waals surface area contributed by atoms with Crippen LogP contribution in [0.2, 0.25) is 0 Å². The summed E-state index contributed by atoms with van der Waals surface area (Å²) in [6, 6.07) is 0.561. The predicted molar refractivity (Wildman–Crippen MR) is 73.1 cm³/mol. The second-order valence-electron chi connectivity index (χ2n) is 5.91. The molecule has 1 heterocycles. The first-order valence-electron chi connectivity index (χ1n) is 6.56. The molecule has 92 valence electrons. The number of aliphatic imine (C=N–C) groups is 1. The molecule has 2 rings (SSSR count). The van der Waals surface area contributed by atoms with E-state index in [4.69, 9.17) is 4.99 Å². The Bertz CT molecular complexity index is 273. The minimum Gasteiger partial charge on any atom is -0.359 e. The van der Waals surface area contributed by atoms with Gasteiger partial charge in [-0.1, -0.05) is 37.9 Å². The lowest BCUT2D eigenvalue weighted by atomic mass is 9.98. The zero-order valence-electron chi connectivity index (χ0n) is 10.8. The summed E-state index contributed by atoms with van der Waals surface area (Å²) in [7, 11) is 0. The highest BCUT2D eigenvalue weighted by Gasteiger charge is 2.29. The normalized spacial score (nSPS) is 37.1. The molecule has 2 fully saturated rings. The summed E-state index contributed by atoms with van der Waals surface area (Å²) in [6.45, 7) is 6.86. The summed E-state index contributed by atoms with van der Waals surface area (Å²) < 4.78 is 0. The van der Waals surface area contributed by atoms with Gasteiger partial charge in [-0.3, -0.25) is 4.99 Å². The number of nitrogens with zero attached hydrogens (tertiary/aromatic N) is 1. The molecule has 1 aliphatic heterocycles. The van der Waals surface area contributed by atoms with Crippen molar-refractivity contribution in [1.29, 1.82) is 0 Å². The maximum atomic E-state index is 4.94. The molecule has 0 aromatic carbocycles. The van der Waals surface area contributed by atoms with Crippen LogP contribution in [0.4, 0.5) is 0 Å². The van der Waals surface area contributed by atoms with Crippen LogP contribution in [-0.4, -0.2) is 22.5 Å². The molecule has 1 N–H and O–H groups in total. The number of hydrogen-bond donors (Lipinski definition) is 1. The van der Waals surface area contributed by atoms with E-state index in [9.17, 15) is 0 Å². The highest BCUT2D eigenvalue weighted by Crippen LogP contribution is 2.28. The van der Waals surface area contributed by atoms with Crippen LogP contribution < -0.4 is 5.32 Å². The second kappa shape index (κ2) is 4.99. The Morgan fingerprint density at radius 2 is 2.00 bits per heavy atom. The highest BCUT2D eigenvalue weighted by atomic mass is 32.2. The molecule has 0 aromatic heterocycles. The van der Waals surface area contributed by atoms with E-state index in [-0.39, 0.29) is 5.54 Å². The van der Waals surface area contributed by atoms with Gasteiger partial charge >= 0.3 is 0 Å². The van der Waals surface area contributed by atoms with Crippen LogP contribution in [0.5, 0.6) is 0 Å². The van der Waals surface area contributed by atoms with Gasteiger partial charge in [0.05, 0.1) is 6.04 Å². The standard InChI is InChI=1S/C13H24N2S/c1-10-7-5-4-6-8-11(10)14-12-15-13(2,3)9-16-12/h10-11H,4-9H2,1-3H3,(H,14,15). The van der Waals surface area contributed by atoms with Gasteiger partial charge in [0.2, 0.25) is 0 Å². The van der Waals surface area contributed by atoms with Crippen LogP contribution in [0.25, 0.3) is 0 Å². The third-order valence-electron chi connectivity index (χ3n) is 3.61. The van der Waals surface area contributed by atoms with Crippen molar-refractivity contribution in [2.24, 2.45) is 10.9 Å². The molecule has 0 radical (unpaired) electrons. The maximum absolute atomic E-state index is 4.94. The number of thioether (sulfide) groups is 1. The smallest absolute Gasteiger partial charge is 0.157 e. The van der Waals surface area contributed by atoms with Crippen molar-refractivity contribution in [3.63, 3.8) is 0 Å². The van der Waals surface area contributed by atoms with Gasteiger partial charge in [0, 0.05) is 11.3 Å². The fourth-order valence-corrected chi connectivity index (χ4v) is 3.62.